The molecule has 0 radical (unpaired) electrons. The molecule has 0 spiro atoms. The van der Waals surface area contributed by atoms with E-state index in [9.17, 15) is 4.79 Å². The Morgan fingerprint density at radius 1 is 1.60 bits per heavy atom. The fourth-order valence-electron chi connectivity index (χ4n) is 0.367. The molecule has 10 heavy (non-hydrogen) atoms. The summed E-state index contributed by atoms with van der Waals surface area (Å²) in [6.45, 7) is 4.19. The van der Waals surface area contributed by atoms with Gasteiger partial charge in [0, 0.05) is 12.7 Å². The average Bonchev–Trinajstić information content (AvgIpc) is 1.89. The van der Waals surface area contributed by atoms with Crippen LogP contribution in [0.15, 0.2) is 12.2 Å². The number of hydrogen-bond acceptors (Lipinski definition) is 3. The summed E-state index contributed by atoms with van der Waals surface area (Å²) in [5.74, 6) is -0.365. The Balaban J connectivity index is 3.22. The van der Waals surface area contributed by atoms with Gasteiger partial charge in [0.1, 0.15) is 0 Å². The zero-order valence-corrected chi connectivity index (χ0v) is 6.29. The lowest BCUT2D eigenvalue weighted by Crippen LogP contribution is -2.04. The second-order valence-electron chi connectivity index (χ2n) is 1.57. The predicted molar refractivity (Wildman–Crippen MR) is 37.4 cm³/mol. The van der Waals surface area contributed by atoms with Crippen LogP contribution in [-0.4, -0.2) is 19.4 Å². The first kappa shape index (κ1) is 9.17. The van der Waals surface area contributed by atoms with Gasteiger partial charge in [-0.1, -0.05) is 6.08 Å². The van der Waals surface area contributed by atoms with Crippen LogP contribution in [0.4, 0.5) is 0 Å². The number of carbonyl (C=O) groups excluding carboxylic acids is 1. The van der Waals surface area contributed by atoms with Crippen LogP contribution in [0.25, 0.3) is 0 Å². The third kappa shape index (κ3) is 5.31. The lowest BCUT2D eigenvalue weighted by atomic mass is 10.5. The fourth-order valence-corrected chi connectivity index (χ4v) is 0.367. The maximum Gasteiger partial charge on any atom is 0.332 e. The van der Waals surface area contributed by atoms with Crippen LogP contribution in [0.2, 0.25) is 0 Å². The number of carbonyl (C=O) groups is 1. The molecule has 0 aromatic rings. The Hall–Kier alpha value is -0.830. The Kier molecular flexibility index (Phi) is 5.77. The van der Waals surface area contributed by atoms with E-state index >= 15 is 0 Å². The number of hydrogen-bond donors (Lipinski definition) is 0. The van der Waals surface area contributed by atoms with Gasteiger partial charge in [0.2, 0.25) is 0 Å². The minimum absolute atomic E-state index is 0.0413. The average molecular weight is 144 g/mol. The van der Waals surface area contributed by atoms with Crippen molar-refractivity contribution in [2.24, 2.45) is 0 Å². The van der Waals surface area contributed by atoms with Crippen molar-refractivity contribution in [1.82, 2.24) is 0 Å². The molecule has 0 aliphatic rings. The van der Waals surface area contributed by atoms with Crippen molar-refractivity contribution in [1.29, 1.82) is 0 Å². The first-order valence-electron chi connectivity index (χ1n) is 3.18. The standard InChI is InChI=1S/C7H12O3/c1-3-5-7(8)10-6-9-4-2/h3,5H,4,6H2,1-2H3. The van der Waals surface area contributed by atoms with Crippen molar-refractivity contribution in [2.75, 3.05) is 13.4 Å². The van der Waals surface area contributed by atoms with E-state index in [4.69, 9.17) is 4.74 Å². The Bertz CT molecular complexity index is 118. The molecule has 0 heterocycles. The molecular formula is C7H12O3. The maximum absolute atomic E-state index is 10.5. The molecule has 0 N–H and O–H groups in total. The number of ether oxygens (including phenoxy) is 2. The summed E-state index contributed by atoms with van der Waals surface area (Å²) >= 11 is 0. The van der Waals surface area contributed by atoms with Gasteiger partial charge in [-0.3, -0.25) is 0 Å². The highest BCUT2D eigenvalue weighted by molar-refractivity contribution is 5.81. The zero-order valence-electron chi connectivity index (χ0n) is 6.29. The van der Waals surface area contributed by atoms with Crippen molar-refractivity contribution in [3.05, 3.63) is 12.2 Å². The molecule has 0 bridgehead atoms. The van der Waals surface area contributed by atoms with Gasteiger partial charge in [0.25, 0.3) is 0 Å². The predicted octanol–water partition coefficient (Wildman–Crippen LogP) is 1.10. The molecule has 3 heteroatoms. The molecule has 3 nitrogen and oxygen atoms in total. The van der Waals surface area contributed by atoms with Crippen molar-refractivity contribution in [2.45, 2.75) is 13.8 Å². The molecule has 0 rings (SSSR count). The van der Waals surface area contributed by atoms with Crippen LogP contribution in [0.1, 0.15) is 13.8 Å². The second kappa shape index (κ2) is 6.29. The molecule has 0 saturated carbocycles. The molecule has 0 aromatic carbocycles. The molecule has 0 amide bonds. The smallest absolute Gasteiger partial charge is 0.332 e. The van der Waals surface area contributed by atoms with Gasteiger partial charge >= 0.3 is 5.97 Å². The lowest BCUT2D eigenvalue weighted by Gasteiger charge is -1.99. The van der Waals surface area contributed by atoms with Crippen LogP contribution in [0.5, 0.6) is 0 Å². The van der Waals surface area contributed by atoms with Gasteiger partial charge in [-0.05, 0) is 13.8 Å². The summed E-state index contributed by atoms with van der Waals surface area (Å²) in [5.41, 5.74) is 0. The summed E-state index contributed by atoms with van der Waals surface area (Å²) in [5, 5.41) is 0. The van der Waals surface area contributed by atoms with E-state index in [-0.39, 0.29) is 12.8 Å². The topological polar surface area (TPSA) is 35.5 Å². The third-order valence-corrected chi connectivity index (χ3v) is 0.791. The highest BCUT2D eigenvalue weighted by Gasteiger charge is 1.92. The van der Waals surface area contributed by atoms with E-state index in [1.165, 1.54) is 6.08 Å². The van der Waals surface area contributed by atoms with Gasteiger partial charge < -0.3 is 9.47 Å². The lowest BCUT2D eigenvalue weighted by molar-refractivity contribution is -0.149. The summed E-state index contributed by atoms with van der Waals surface area (Å²) in [4.78, 5) is 10.5. The monoisotopic (exact) mass is 144 g/mol. The van der Waals surface area contributed by atoms with Crippen molar-refractivity contribution in [3.8, 4) is 0 Å². The largest absolute Gasteiger partial charge is 0.435 e. The van der Waals surface area contributed by atoms with E-state index in [1.807, 2.05) is 6.92 Å². The van der Waals surface area contributed by atoms with Crippen LogP contribution in [0.3, 0.4) is 0 Å². The van der Waals surface area contributed by atoms with Crippen molar-refractivity contribution < 1.29 is 14.3 Å². The van der Waals surface area contributed by atoms with Gasteiger partial charge in [0.15, 0.2) is 6.79 Å². The van der Waals surface area contributed by atoms with Gasteiger partial charge in [-0.25, -0.2) is 4.79 Å². The van der Waals surface area contributed by atoms with E-state index in [2.05, 4.69) is 4.74 Å². The Morgan fingerprint density at radius 2 is 2.30 bits per heavy atom. The Morgan fingerprint density at radius 3 is 2.80 bits per heavy atom. The van der Waals surface area contributed by atoms with E-state index < -0.39 is 0 Å². The highest BCUT2D eigenvalue weighted by Crippen LogP contribution is 1.82. The minimum atomic E-state index is -0.365. The molecule has 0 aromatic heterocycles. The minimum Gasteiger partial charge on any atom is -0.435 e. The highest BCUT2D eigenvalue weighted by atomic mass is 16.7. The number of allylic oxidation sites excluding steroid dienone is 1. The number of rotatable bonds is 4. The first-order valence-corrected chi connectivity index (χ1v) is 3.18. The van der Waals surface area contributed by atoms with Crippen LogP contribution >= 0.6 is 0 Å². The van der Waals surface area contributed by atoms with Crippen molar-refractivity contribution >= 4 is 5.97 Å². The molecule has 58 valence electrons. The quantitative estimate of drug-likeness (QED) is 0.256. The van der Waals surface area contributed by atoms with Gasteiger partial charge in [-0.2, -0.15) is 0 Å². The number of esters is 1. The molecule has 0 saturated heterocycles. The maximum atomic E-state index is 10.5. The van der Waals surface area contributed by atoms with Gasteiger partial charge in [0.05, 0.1) is 0 Å². The molecule has 0 fully saturated rings. The first-order chi connectivity index (χ1) is 4.81. The van der Waals surface area contributed by atoms with E-state index in [1.54, 1.807) is 13.0 Å². The summed E-state index contributed by atoms with van der Waals surface area (Å²) < 4.78 is 9.35. The van der Waals surface area contributed by atoms with Gasteiger partial charge in [-0.15, -0.1) is 0 Å². The Labute approximate surface area is 60.6 Å². The molecule has 0 unspecified atom stereocenters. The SMILES string of the molecule is CC=CC(=O)OCOCC. The molecular weight excluding hydrogens is 132 g/mol. The normalized spacial score (nSPS) is 10.2. The van der Waals surface area contributed by atoms with Crippen LogP contribution < -0.4 is 0 Å². The summed E-state index contributed by atoms with van der Waals surface area (Å²) in [6.07, 6.45) is 2.97. The van der Waals surface area contributed by atoms with E-state index in [0.717, 1.165) is 0 Å². The summed E-state index contributed by atoms with van der Waals surface area (Å²) in [6, 6.07) is 0. The van der Waals surface area contributed by atoms with Crippen LogP contribution in [0, 0.1) is 0 Å². The molecule has 0 aliphatic heterocycles. The zero-order chi connectivity index (χ0) is 7.82. The van der Waals surface area contributed by atoms with Crippen LogP contribution in [-0.2, 0) is 14.3 Å². The molecule has 0 atom stereocenters. The van der Waals surface area contributed by atoms with E-state index in [0.29, 0.717) is 6.61 Å². The van der Waals surface area contributed by atoms with Crippen molar-refractivity contribution in [3.63, 3.8) is 0 Å². The molecule has 0 aliphatic carbocycles. The second-order valence-corrected chi connectivity index (χ2v) is 1.57. The third-order valence-electron chi connectivity index (χ3n) is 0.791. The fraction of sp³-hybridized carbons (Fsp3) is 0.571. The summed E-state index contributed by atoms with van der Waals surface area (Å²) in [7, 11) is 0.